The molecule has 8 N–H and O–H groups in total. The third-order valence-corrected chi connectivity index (χ3v) is 8.03. The van der Waals surface area contributed by atoms with E-state index in [0.717, 1.165) is 11.6 Å². The quantitative estimate of drug-likeness (QED) is 0.155. The van der Waals surface area contributed by atoms with Gasteiger partial charge in [0.1, 0.15) is 76.7 Å². The number of aliphatic hydroxyl groups is 6. The second-order valence-corrected chi connectivity index (χ2v) is 11.8. The zero-order chi connectivity index (χ0) is 33.4. The van der Waals surface area contributed by atoms with Gasteiger partial charge in [0.2, 0.25) is 6.29 Å². The summed E-state index contributed by atoms with van der Waals surface area (Å²) in [6.07, 6.45) is -12.6. The number of ether oxygens (including phenoxy) is 4. The summed E-state index contributed by atoms with van der Waals surface area (Å²) in [6.45, 7) is 4.83. The van der Waals surface area contributed by atoms with Crippen molar-refractivity contribution >= 4 is 11.0 Å². The van der Waals surface area contributed by atoms with Gasteiger partial charge in [0.25, 0.3) is 0 Å². The molecule has 2 saturated heterocycles. The van der Waals surface area contributed by atoms with E-state index in [1.807, 2.05) is 19.9 Å². The van der Waals surface area contributed by atoms with Crippen molar-refractivity contribution in [2.45, 2.75) is 88.6 Å². The first-order valence-electron chi connectivity index (χ1n) is 14.7. The highest BCUT2D eigenvalue weighted by molar-refractivity contribution is 5.86. The van der Waals surface area contributed by atoms with Crippen LogP contribution in [-0.2, 0) is 20.6 Å². The largest absolute Gasteiger partial charge is 0.508 e. The molecule has 0 unspecified atom stereocenters. The first-order valence-corrected chi connectivity index (χ1v) is 14.7. The number of phenols is 2. The molecule has 5 rings (SSSR count). The lowest BCUT2D eigenvalue weighted by Crippen LogP contribution is -2.61. The summed E-state index contributed by atoms with van der Waals surface area (Å²) >= 11 is 0. The van der Waals surface area contributed by atoms with Gasteiger partial charge in [0.05, 0.1) is 12.7 Å². The molecule has 250 valence electrons. The van der Waals surface area contributed by atoms with Crippen LogP contribution in [0.15, 0.2) is 57.3 Å². The van der Waals surface area contributed by atoms with E-state index in [2.05, 4.69) is 0 Å². The van der Waals surface area contributed by atoms with Gasteiger partial charge in [-0.2, -0.15) is 0 Å². The molecule has 0 radical (unpaired) electrons. The van der Waals surface area contributed by atoms with E-state index in [-0.39, 0.29) is 28.2 Å². The minimum absolute atomic E-state index is 0.0690. The first-order chi connectivity index (χ1) is 21.7. The van der Waals surface area contributed by atoms with Crippen molar-refractivity contribution in [2.75, 3.05) is 6.61 Å². The minimum atomic E-state index is -1.77. The van der Waals surface area contributed by atoms with Crippen LogP contribution in [0.3, 0.4) is 0 Å². The van der Waals surface area contributed by atoms with E-state index >= 15 is 0 Å². The van der Waals surface area contributed by atoms with Gasteiger partial charge >= 0.3 is 0 Å². The third kappa shape index (κ3) is 6.90. The van der Waals surface area contributed by atoms with Crippen LogP contribution in [0, 0.1) is 0 Å². The maximum Gasteiger partial charge on any atom is 0.229 e. The molecule has 14 heteroatoms. The summed E-state index contributed by atoms with van der Waals surface area (Å²) in [7, 11) is 0. The lowest BCUT2D eigenvalue weighted by molar-refractivity contribution is -0.318. The Labute approximate surface area is 262 Å². The lowest BCUT2D eigenvalue weighted by Gasteiger charge is -2.42. The zero-order valence-electron chi connectivity index (χ0n) is 25.3. The van der Waals surface area contributed by atoms with Crippen molar-refractivity contribution < 1.29 is 64.2 Å². The van der Waals surface area contributed by atoms with E-state index in [9.17, 15) is 45.6 Å². The molecular weight excluding hydrogens is 608 g/mol. The SMILES string of the molecule is CC(C)=CCc1cc(-c2cc(=O)c3c(O)cc(O[C@@H]4O[C@H](CO[C@@H]5O[C@@H](C)[C@H](O)[C@@H](O)[C@H]5O)[C@@H](O)[C@H](O)[C@H]4O)cc3o2)ccc1O. The number of aromatic hydroxyl groups is 2. The molecule has 10 atom stereocenters. The fourth-order valence-electron chi connectivity index (χ4n) is 5.30. The highest BCUT2D eigenvalue weighted by Crippen LogP contribution is 2.34. The van der Waals surface area contributed by atoms with Crippen LogP contribution in [0.1, 0.15) is 26.3 Å². The second kappa shape index (κ2) is 13.7. The van der Waals surface area contributed by atoms with Gasteiger partial charge in [0, 0.05) is 23.8 Å². The smallest absolute Gasteiger partial charge is 0.229 e. The number of hydrogen-bond acceptors (Lipinski definition) is 14. The van der Waals surface area contributed by atoms with Crippen molar-refractivity contribution in [1.29, 1.82) is 0 Å². The van der Waals surface area contributed by atoms with Gasteiger partial charge in [0.15, 0.2) is 11.7 Å². The molecule has 1 aromatic heterocycles. The maximum atomic E-state index is 13.0. The van der Waals surface area contributed by atoms with Crippen molar-refractivity contribution in [3.63, 3.8) is 0 Å². The Morgan fingerprint density at radius 2 is 1.52 bits per heavy atom. The molecule has 46 heavy (non-hydrogen) atoms. The number of rotatable bonds is 8. The molecule has 2 fully saturated rings. The number of phenolic OH excluding ortho intramolecular Hbond substituents is 2. The van der Waals surface area contributed by atoms with Crippen molar-refractivity contribution in [3.8, 4) is 28.6 Å². The molecule has 3 heterocycles. The molecule has 2 aromatic carbocycles. The van der Waals surface area contributed by atoms with Crippen LogP contribution in [0.4, 0.5) is 0 Å². The molecule has 2 aliphatic rings. The van der Waals surface area contributed by atoms with Crippen LogP contribution >= 0.6 is 0 Å². The maximum absolute atomic E-state index is 13.0. The first kappa shape index (κ1) is 33.8. The van der Waals surface area contributed by atoms with Crippen LogP contribution < -0.4 is 10.2 Å². The van der Waals surface area contributed by atoms with Gasteiger partial charge in [-0.3, -0.25) is 4.79 Å². The molecule has 0 amide bonds. The minimum Gasteiger partial charge on any atom is -0.508 e. The fraction of sp³-hybridized carbons (Fsp3) is 0.469. The fourth-order valence-corrected chi connectivity index (χ4v) is 5.30. The topological polar surface area (TPSA) is 229 Å². The Morgan fingerprint density at radius 1 is 0.826 bits per heavy atom. The van der Waals surface area contributed by atoms with Crippen LogP contribution in [0.5, 0.6) is 17.2 Å². The Balaban J connectivity index is 1.37. The molecule has 2 aliphatic heterocycles. The van der Waals surface area contributed by atoms with Crippen molar-refractivity contribution in [3.05, 3.63) is 63.8 Å². The average molecular weight is 647 g/mol. The van der Waals surface area contributed by atoms with E-state index in [1.165, 1.54) is 25.1 Å². The number of benzene rings is 2. The Kier molecular flexibility index (Phi) is 10.0. The number of fused-ring (bicyclic) bond motifs is 1. The summed E-state index contributed by atoms with van der Waals surface area (Å²) < 4.78 is 28.2. The van der Waals surface area contributed by atoms with Gasteiger partial charge in [-0.1, -0.05) is 11.6 Å². The van der Waals surface area contributed by atoms with E-state index < -0.39 is 79.2 Å². The predicted octanol–water partition coefficient (Wildman–Crippen LogP) is 0.410. The van der Waals surface area contributed by atoms with E-state index in [1.54, 1.807) is 12.1 Å². The van der Waals surface area contributed by atoms with Crippen molar-refractivity contribution in [1.82, 2.24) is 0 Å². The molecule has 0 aliphatic carbocycles. The predicted molar refractivity (Wildman–Crippen MR) is 160 cm³/mol. The monoisotopic (exact) mass is 646 g/mol. The number of aliphatic hydroxyl groups excluding tert-OH is 6. The van der Waals surface area contributed by atoms with E-state index in [4.69, 9.17) is 23.4 Å². The van der Waals surface area contributed by atoms with Crippen LogP contribution in [0.25, 0.3) is 22.3 Å². The molecular formula is C32H38O14. The van der Waals surface area contributed by atoms with E-state index in [0.29, 0.717) is 17.5 Å². The summed E-state index contributed by atoms with van der Waals surface area (Å²) in [4.78, 5) is 13.0. The highest BCUT2D eigenvalue weighted by atomic mass is 16.7. The summed E-state index contributed by atoms with van der Waals surface area (Å²) in [5.41, 5.74) is 1.54. The number of hydrogen-bond donors (Lipinski definition) is 8. The lowest BCUT2D eigenvalue weighted by atomic mass is 9.98. The summed E-state index contributed by atoms with van der Waals surface area (Å²) in [5, 5.41) is 82.6. The molecule has 0 bridgehead atoms. The van der Waals surface area contributed by atoms with Crippen molar-refractivity contribution in [2.24, 2.45) is 0 Å². The van der Waals surface area contributed by atoms with Crippen LogP contribution in [0.2, 0.25) is 0 Å². The van der Waals surface area contributed by atoms with Gasteiger partial charge in [-0.05, 0) is 51.0 Å². The highest BCUT2D eigenvalue weighted by Gasteiger charge is 2.47. The summed E-state index contributed by atoms with van der Waals surface area (Å²) in [5.74, 6) is -0.388. The third-order valence-electron chi connectivity index (χ3n) is 8.03. The molecule has 3 aromatic rings. The average Bonchev–Trinajstić information content (AvgIpc) is 3.01. The summed E-state index contributed by atoms with van der Waals surface area (Å²) in [6, 6.07) is 8.33. The molecule has 0 spiro atoms. The van der Waals surface area contributed by atoms with Gasteiger partial charge in [-0.15, -0.1) is 0 Å². The Morgan fingerprint density at radius 3 is 2.24 bits per heavy atom. The number of allylic oxidation sites excluding steroid dienone is 2. The zero-order valence-corrected chi connectivity index (χ0v) is 25.3. The molecule has 14 nitrogen and oxygen atoms in total. The van der Waals surface area contributed by atoms with Gasteiger partial charge < -0.3 is 64.2 Å². The Hall–Kier alpha value is -3.57. The van der Waals surface area contributed by atoms with Crippen LogP contribution in [-0.4, -0.2) is 109 Å². The Bertz CT molecular complexity index is 1630. The standard InChI is InChI=1S/C32H38O14/c1-13(2)4-5-15-8-16(6-7-18(15)33)21-11-20(35)24-19(34)9-17(10-22(24)45-21)44-32-30(41)28(39)26(37)23(46-32)12-42-31-29(40)27(38)25(36)14(3)43-31/h4,6-11,14,23,25-34,36-41H,5,12H2,1-3H3/t14-,23+,25-,26+,27+,28-,29+,30+,31+,32+/m0/s1. The second-order valence-electron chi connectivity index (χ2n) is 11.8. The van der Waals surface area contributed by atoms with Gasteiger partial charge in [-0.25, -0.2) is 0 Å². The normalized spacial score (nSPS) is 31.5. The molecule has 0 saturated carbocycles.